The SMILES string of the molecule is CC[C@H](C)C(=O)Nc1cc2cc(-c3cccnc3)nc(N)c2cn1. The molecule has 6 heteroatoms. The molecule has 3 rings (SSSR count). The van der Waals surface area contributed by atoms with Gasteiger partial charge in [-0.2, -0.15) is 0 Å². The minimum atomic E-state index is -0.0593. The number of nitrogens with one attached hydrogen (secondary N) is 1. The van der Waals surface area contributed by atoms with Gasteiger partial charge in [0.05, 0.1) is 5.69 Å². The lowest BCUT2D eigenvalue weighted by atomic mass is 10.1. The van der Waals surface area contributed by atoms with Crippen LogP contribution in [0.1, 0.15) is 20.3 Å². The molecule has 6 nitrogen and oxygen atoms in total. The normalized spacial score (nSPS) is 12.1. The van der Waals surface area contributed by atoms with Crippen molar-refractivity contribution in [2.24, 2.45) is 5.92 Å². The number of anilines is 2. The number of nitrogens with zero attached hydrogens (tertiary/aromatic N) is 3. The molecule has 0 bridgehead atoms. The monoisotopic (exact) mass is 321 g/mol. The fourth-order valence-electron chi connectivity index (χ4n) is 2.34. The topological polar surface area (TPSA) is 93.8 Å². The van der Waals surface area contributed by atoms with Crippen molar-refractivity contribution in [1.82, 2.24) is 15.0 Å². The van der Waals surface area contributed by atoms with Crippen LogP contribution >= 0.6 is 0 Å². The van der Waals surface area contributed by atoms with E-state index < -0.39 is 0 Å². The van der Waals surface area contributed by atoms with E-state index in [1.165, 1.54) is 0 Å². The van der Waals surface area contributed by atoms with Gasteiger partial charge >= 0.3 is 0 Å². The molecule has 24 heavy (non-hydrogen) atoms. The van der Waals surface area contributed by atoms with E-state index >= 15 is 0 Å². The number of fused-ring (bicyclic) bond motifs is 1. The Morgan fingerprint density at radius 3 is 2.88 bits per heavy atom. The van der Waals surface area contributed by atoms with Crippen LogP contribution in [0.3, 0.4) is 0 Å². The fourth-order valence-corrected chi connectivity index (χ4v) is 2.34. The Bertz CT molecular complexity index is 879. The Morgan fingerprint density at radius 1 is 1.33 bits per heavy atom. The van der Waals surface area contributed by atoms with Crippen LogP contribution in [0, 0.1) is 5.92 Å². The fraction of sp³-hybridized carbons (Fsp3) is 0.222. The molecule has 0 spiro atoms. The van der Waals surface area contributed by atoms with Crippen molar-refractivity contribution in [3.8, 4) is 11.3 Å². The summed E-state index contributed by atoms with van der Waals surface area (Å²) in [7, 11) is 0. The standard InChI is InChI=1S/C18H19N5O/c1-3-11(2)18(24)23-16-8-13-7-15(12-5-4-6-20-9-12)22-17(19)14(13)10-21-16/h4-11H,3H2,1-2H3,(H2,19,22)(H,21,23,24)/t11-/m0/s1. The largest absolute Gasteiger partial charge is 0.383 e. The van der Waals surface area contributed by atoms with E-state index in [0.29, 0.717) is 11.6 Å². The van der Waals surface area contributed by atoms with E-state index in [-0.39, 0.29) is 11.8 Å². The summed E-state index contributed by atoms with van der Waals surface area (Å²) < 4.78 is 0. The zero-order valence-electron chi connectivity index (χ0n) is 13.7. The summed E-state index contributed by atoms with van der Waals surface area (Å²) in [6.45, 7) is 3.86. The summed E-state index contributed by atoms with van der Waals surface area (Å²) in [5.41, 5.74) is 7.67. The first-order valence-corrected chi connectivity index (χ1v) is 7.86. The van der Waals surface area contributed by atoms with Crippen LogP contribution < -0.4 is 11.1 Å². The number of nitrogens with two attached hydrogens (primary N) is 1. The second kappa shape index (κ2) is 6.62. The van der Waals surface area contributed by atoms with E-state index in [1.807, 2.05) is 38.1 Å². The van der Waals surface area contributed by atoms with Crippen molar-refractivity contribution in [3.05, 3.63) is 42.9 Å². The van der Waals surface area contributed by atoms with Crippen LogP contribution in [0.25, 0.3) is 22.0 Å². The third-order valence-corrected chi connectivity index (χ3v) is 4.01. The van der Waals surface area contributed by atoms with Crippen molar-refractivity contribution in [3.63, 3.8) is 0 Å². The van der Waals surface area contributed by atoms with Crippen LogP contribution in [-0.4, -0.2) is 20.9 Å². The second-order valence-corrected chi connectivity index (χ2v) is 5.72. The number of aromatic nitrogens is 3. The van der Waals surface area contributed by atoms with Crippen LogP contribution in [-0.2, 0) is 4.79 Å². The lowest BCUT2D eigenvalue weighted by molar-refractivity contribution is -0.119. The lowest BCUT2D eigenvalue weighted by Crippen LogP contribution is -2.20. The number of rotatable bonds is 4. The van der Waals surface area contributed by atoms with E-state index in [4.69, 9.17) is 5.73 Å². The maximum absolute atomic E-state index is 12.0. The molecule has 0 saturated carbocycles. The van der Waals surface area contributed by atoms with Crippen molar-refractivity contribution >= 4 is 28.3 Å². The van der Waals surface area contributed by atoms with Crippen LogP contribution in [0.15, 0.2) is 42.9 Å². The van der Waals surface area contributed by atoms with Crippen molar-refractivity contribution in [2.75, 3.05) is 11.1 Å². The third kappa shape index (κ3) is 3.17. The Kier molecular flexibility index (Phi) is 4.37. The third-order valence-electron chi connectivity index (χ3n) is 4.01. The highest BCUT2D eigenvalue weighted by Gasteiger charge is 2.12. The summed E-state index contributed by atoms with van der Waals surface area (Å²) in [5, 5.41) is 4.46. The van der Waals surface area contributed by atoms with Crippen LogP contribution in [0.4, 0.5) is 11.6 Å². The number of amides is 1. The molecule has 0 aromatic carbocycles. The smallest absolute Gasteiger partial charge is 0.228 e. The predicted octanol–water partition coefficient (Wildman–Crippen LogP) is 3.26. The first-order chi connectivity index (χ1) is 11.6. The summed E-state index contributed by atoms with van der Waals surface area (Å²) in [6, 6.07) is 7.51. The highest BCUT2D eigenvalue weighted by atomic mass is 16.1. The van der Waals surface area contributed by atoms with Gasteiger partial charge < -0.3 is 11.1 Å². The highest BCUT2D eigenvalue weighted by molar-refractivity contribution is 5.97. The van der Waals surface area contributed by atoms with Gasteiger partial charge in [-0.15, -0.1) is 0 Å². The molecule has 1 atom stereocenters. The molecule has 0 fully saturated rings. The van der Waals surface area contributed by atoms with Crippen molar-refractivity contribution < 1.29 is 4.79 Å². The molecule has 0 saturated heterocycles. The van der Waals surface area contributed by atoms with E-state index in [2.05, 4.69) is 20.3 Å². The van der Waals surface area contributed by atoms with Gasteiger partial charge in [0.25, 0.3) is 0 Å². The Labute approximate surface area is 140 Å². The maximum Gasteiger partial charge on any atom is 0.228 e. The van der Waals surface area contributed by atoms with Gasteiger partial charge in [0.2, 0.25) is 5.91 Å². The van der Waals surface area contributed by atoms with E-state index in [1.54, 1.807) is 18.6 Å². The molecule has 0 aliphatic carbocycles. The van der Waals surface area contributed by atoms with Crippen LogP contribution in [0.2, 0.25) is 0 Å². The zero-order chi connectivity index (χ0) is 17.1. The zero-order valence-corrected chi connectivity index (χ0v) is 13.7. The summed E-state index contributed by atoms with van der Waals surface area (Å²) >= 11 is 0. The molecule has 3 N–H and O–H groups in total. The molecule has 1 amide bonds. The number of pyridine rings is 3. The summed E-state index contributed by atoms with van der Waals surface area (Å²) in [5.74, 6) is 0.809. The van der Waals surface area contributed by atoms with E-state index in [9.17, 15) is 4.79 Å². The highest BCUT2D eigenvalue weighted by Crippen LogP contribution is 2.27. The average molecular weight is 321 g/mol. The van der Waals surface area contributed by atoms with E-state index in [0.717, 1.165) is 28.5 Å². The Balaban J connectivity index is 2.00. The minimum Gasteiger partial charge on any atom is -0.383 e. The van der Waals surface area contributed by atoms with Crippen molar-refractivity contribution in [1.29, 1.82) is 0 Å². The number of hydrogen-bond donors (Lipinski definition) is 2. The van der Waals surface area contributed by atoms with Gasteiger partial charge in [0.15, 0.2) is 0 Å². The molecule has 0 radical (unpaired) electrons. The number of carbonyl (C=O) groups excluding carboxylic acids is 1. The first-order valence-electron chi connectivity index (χ1n) is 7.86. The molecular weight excluding hydrogens is 302 g/mol. The number of nitrogen functional groups attached to an aromatic ring is 1. The first kappa shape index (κ1) is 15.9. The Morgan fingerprint density at radius 2 is 2.17 bits per heavy atom. The van der Waals surface area contributed by atoms with Gasteiger partial charge in [-0.3, -0.25) is 9.78 Å². The second-order valence-electron chi connectivity index (χ2n) is 5.72. The number of hydrogen-bond acceptors (Lipinski definition) is 5. The number of carbonyl (C=O) groups is 1. The molecule has 0 aliphatic heterocycles. The molecule has 3 aromatic heterocycles. The van der Waals surface area contributed by atoms with Crippen molar-refractivity contribution in [2.45, 2.75) is 20.3 Å². The molecule has 0 unspecified atom stereocenters. The van der Waals surface area contributed by atoms with Crippen LogP contribution in [0.5, 0.6) is 0 Å². The Hall–Kier alpha value is -3.02. The summed E-state index contributed by atoms with van der Waals surface area (Å²) in [4.78, 5) is 24.8. The molecular formula is C18H19N5O. The average Bonchev–Trinajstić information content (AvgIpc) is 2.61. The summed E-state index contributed by atoms with van der Waals surface area (Å²) in [6.07, 6.45) is 5.86. The van der Waals surface area contributed by atoms with Gasteiger partial charge in [-0.1, -0.05) is 13.8 Å². The molecule has 3 aromatic rings. The van der Waals surface area contributed by atoms with Gasteiger partial charge in [-0.25, -0.2) is 9.97 Å². The van der Waals surface area contributed by atoms with Gasteiger partial charge in [-0.05, 0) is 36.1 Å². The van der Waals surface area contributed by atoms with Gasteiger partial charge in [0, 0.05) is 35.5 Å². The lowest BCUT2D eigenvalue weighted by Gasteiger charge is -2.11. The quantitative estimate of drug-likeness (QED) is 0.769. The molecule has 3 heterocycles. The maximum atomic E-state index is 12.0. The predicted molar refractivity (Wildman–Crippen MR) is 95.3 cm³/mol. The molecule has 122 valence electrons. The molecule has 0 aliphatic rings. The van der Waals surface area contributed by atoms with Gasteiger partial charge in [0.1, 0.15) is 11.6 Å². The minimum absolute atomic E-state index is 0.0427.